The van der Waals surface area contributed by atoms with Crippen molar-refractivity contribution in [2.45, 2.75) is 25.7 Å². The molecule has 0 saturated carbocycles. The monoisotopic (exact) mass is 421 g/mol. The van der Waals surface area contributed by atoms with Crippen LogP contribution in [0.4, 0.5) is 16.2 Å². The van der Waals surface area contributed by atoms with E-state index in [4.69, 9.17) is 0 Å². The number of nitrogens with one attached hydrogen (secondary N) is 2. The summed E-state index contributed by atoms with van der Waals surface area (Å²) in [5.41, 5.74) is 2.53. The zero-order chi connectivity index (χ0) is 20.9. The highest BCUT2D eigenvalue weighted by Gasteiger charge is 2.28. The zero-order valence-corrected chi connectivity index (χ0v) is 17.5. The first-order valence-corrected chi connectivity index (χ1v) is 10.7. The van der Waals surface area contributed by atoms with Crippen molar-refractivity contribution < 1.29 is 9.59 Å². The summed E-state index contributed by atoms with van der Waals surface area (Å²) in [6, 6.07) is 16.9. The minimum absolute atomic E-state index is 0.0813. The van der Waals surface area contributed by atoms with E-state index in [1.807, 2.05) is 61.5 Å². The van der Waals surface area contributed by atoms with Crippen LogP contribution in [0.3, 0.4) is 0 Å². The molecular weight excluding hydrogens is 398 g/mol. The Kier molecular flexibility index (Phi) is 6.04. The number of benzene rings is 2. The first-order valence-electron chi connectivity index (χ1n) is 9.91. The molecule has 30 heavy (non-hydrogen) atoms. The number of carbonyl (C=O) groups is 2. The van der Waals surface area contributed by atoms with E-state index in [9.17, 15) is 9.59 Å². The quantitative estimate of drug-likeness (QED) is 0.649. The normalized spacial score (nSPS) is 16.2. The van der Waals surface area contributed by atoms with Crippen LogP contribution >= 0.6 is 11.3 Å². The van der Waals surface area contributed by atoms with Gasteiger partial charge in [-0.05, 0) is 43.5 Å². The van der Waals surface area contributed by atoms with Crippen LogP contribution in [-0.2, 0) is 0 Å². The van der Waals surface area contributed by atoms with Crippen molar-refractivity contribution in [2.24, 2.45) is 0 Å². The predicted molar refractivity (Wildman–Crippen MR) is 118 cm³/mol. The van der Waals surface area contributed by atoms with Crippen molar-refractivity contribution in [1.29, 1.82) is 0 Å². The first-order chi connectivity index (χ1) is 14.6. The predicted octanol–water partition coefficient (Wildman–Crippen LogP) is 4.51. The zero-order valence-electron chi connectivity index (χ0n) is 16.7. The molecular formula is C22H23N5O2S. The molecule has 1 aliphatic heterocycles. The number of hydrogen-bond acceptors (Lipinski definition) is 5. The molecule has 0 spiro atoms. The van der Waals surface area contributed by atoms with Gasteiger partial charge >= 0.3 is 6.03 Å². The van der Waals surface area contributed by atoms with Gasteiger partial charge in [-0.3, -0.25) is 4.79 Å². The average molecular weight is 422 g/mol. The van der Waals surface area contributed by atoms with Crippen LogP contribution in [0.15, 0.2) is 54.6 Å². The van der Waals surface area contributed by atoms with Crippen molar-refractivity contribution >= 4 is 34.6 Å². The lowest BCUT2D eigenvalue weighted by Crippen LogP contribution is -2.41. The highest BCUT2D eigenvalue weighted by molar-refractivity contribution is 7.13. The molecule has 154 valence electrons. The highest BCUT2D eigenvalue weighted by Crippen LogP contribution is 2.30. The number of likely N-dealkylation sites (tertiary alicyclic amines) is 1. The third kappa shape index (κ3) is 4.65. The molecule has 1 fully saturated rings. The van der Waals surface area contributed by atoms with Gasteiger partial charge in [0.15, 0.2) is 0 Å². The van der Waals surface area contributed by atoms with E-state index in [-0.39, 0.29) is 17.9 Å². The second-order valence-corrected chi connectivity index (χ2v) is 8.30. The summed E-state index contributed by atoms with van der Waals surface area (Å²) in [5.74, 6) is -0.180. The Morgan fingerprint density at radius 1 is 1.03 bits per heavy atom. The summed E-state index contributed by atoms with van der Waals surface area (Å²) in [7, 11) is 0. The molecule has 8 heteroatoms. The van der Waals surface area contributed by atoms with Gasteiger partial charge in [0.05, 0.1) is 0 Å². The molecule has 0 unspecified atom stereocenters. The number of para-hydroxylation sites is 2. The molecule has 2 aromatic carbocycles. The van der Waals surface area contributed by atoms with Crippen LogP contribution in [-0.4, -0.2) is 40.1 Å². The number of carbonyl (C=O) groups excluding carboxylic acids is 2. The Bertz CT molecular complexity index is 1040. The lowest BCUT2D eigenvalue weighted by atomic mass is 9.99. The SMILES string of the molecule is Cc1ccccc1NC(=O)c1nnc([C@@H]2CCCN(C(=O)Nc3ccccc3)C2)s1. The fraction of sp³-hybridized carbons (Fsp3) is 0.273. The Labute approximate surface area is 179 Å². The van der Waals surface area contributed by atoms with Crippen LogP contribution in [0, 0.1) is 6.92 Å². The largest absolute Gasteiger partial charge is 0.324 e. The van der Waals surface area contributed by atoms with Crippen molar-refractivity contribution in [3.8, 4) is 0 Å². The van der Waals surface area contributed by atoms with E-state index in [1.54, 1.807) is 4.90 Å². The summed E-state index contributed by atoms with van der Waals surface area (Å²) < 4.78 is 0. The Morgan fingerprint density at radius 3 is 2.60 bits per heavy atom. The molecule has 1 aromatic heterocycles. The maximum atomic E-state index is 12.6. The van der Waals surface area contributed by atoms with Crippen LogP contribution in [0.1, 0.15) is 39.1 Å². The number of amides is 3. The first kappa shape index (κ1) is 20.0. The number of urea groups is 1. The van der Waals surface area contributed by atoms with Crippen molar-refractivity contribution in [2.75, 3.05) is 23.7 Å². The minimum Gasteiger partial charge on any atom is -0.324 e. The standard InChI is InChI=1S/C22H23N5O2S/c1-15-8-5-6-12-18(15)24-19(28)21-26-25-20(30-21)16-9-7-13-27(14-16)22(29)23-17-10-3-2-4-11-17/h2-6,8,10-12,16H,7,9,13-14H2,1H3,(H,23,29)(H,24,28)/t16-/m1/s1. The molecule has 0 radical (unpaired) electrons. The van der Waals surface area contributed by atoms with Gasteiger partial charge in [-0.1, -0.05) is 47.7 Å². The van der Waals surface area contributed by atoms with Gasteiger partial charge in [-0.2, -0.15) is 0 Å². The molecule has 1 saturated heterocycles. The van der Waals surface area contributed by atoms with E-state index in [2.05, 4.69) is 20.8 Å². The van der Waals surface area contributed by atoms with Crippen LogP contribution < -0.4 is 10.6 Å². The van der Waals surface area contributed by atoms with E-state index < -0.39 is 0 Å². The lowest BCUT2D eigenvalue weighted by Gasteiger charge is -2.31. The van der Waals surface area contributed by atoms with Gasteiger partial charge in [-0.15, -0.1) is 10.2 Å². The lowest BCUT2D eigenvalue weighted by molar-refractivity contribution is 0.102. The fourth-order valence-electron chi connectivity index (χ4n) is 3.47. The topological polar surface area (TPSA) is 87.2 Å². The third-order valence-electron chi connectivity index (χ3n) is 5.11. The maximum absolute atomic E-state index is 12.6. The van der Waals surface area contributed by atoms with Gasteiger partial charge in [-0.25, -0.2) is 4.79 Å². The molecule has 3 aromatic rings. The summed E-state index contributed by atoms with van der Waals surface area (Å²) in [5, 5.41) is 15.3. The van der Waals surface area contributed by atoms with E-state index in [1.165, 1.54) is 11.3 Å². The van der Waals surface area contributed by atoms with E-state index in [0.29, 0.717) is 18.1 Å². The van der Waals surface area contributed by atoms with Gasteiger partial charge in [0.2, 0.25) is 5.01 Å². The van der Waals surface area contributed by atoms with Crippen LogP contribution in [0.5, 0.6) is 0 Å². The molecule has 0 bridgehead atoms. The molecule has 0 aliphatic carbocycles. The Hall–Kier alpha value is -3.26. The Balaban J connectivity index is 1.39. The van der Waals surface area contributed by atoms with Gasteiger partial charge in [0, 0.05) is 30.4 Å². The van der Waals surface area contributed by atoms with Gasteiger partial charge < -0.3 is 15.5 Å². The van der Waals surface area contributed by atoms with Crippen LogP contribution in [0.2, 0.25) is 0 Å². The smallest absolute Gasteiger partial charge is 0.321 e. The van der Waals surface area contributed by atoms with E-state index >= 15 is 0 Å². The highest BCUT2D eigenvalue weighted by atomic mass is 32.1. The molecule has 3 amide bonds. The number of nitrogens with zero attached hydrogens (tertiary/aromatic N) is 3. The molecule has 7 nitrogen and oxygen atoms in total. The molecule has 1 atom stereocenters. The Morgan fingerprint density at radius 2 is 1.80 bits per heavy atom. The summed E-state index contributed by atoms with van der Waals surface area (Å²) in [6.07, 6.45) is 1.81. The summed E-state index contributed by atoms with van der Waals surface area (Å²) in [6.45, 7) is 3.21. The fourth-order valence-corrected chi connectivity index (χ4v) is 4.33. The molecule has 2 heterocycles. The maximum Gasteiger partial charge on any atom is 0.321 e. The second-order valence-electron chi connectivity index (χ2n) is 7.30. The number of aryl methyl sites for hydroxylation is 1. The van der Waals surface area contributed by atoms with Crippen molar-refractivity contribution in [3.05, 3.63) is 70.2 Å². The minimum atomic E-state index is -0.262. The second kappa shape index (κ2) is 9.04. The number of aromatic nitrogens is 2. The van der Waals surface area contributed by atoms with Crippen molar-refractivity contribution in [3.63, 3.8) is 0 Å². The van der Waals surface area contributed by atoms with Crippen molar-refractivity contribution in [1.82, 2.24) is 15.1 Å². The number of hydrogen-bond donors (Lipinski definition) is 2. The summed E-state index contributed by atoms with van der Waals surface area (Å²) >= 11 is 1.30. The number of anilines is 2. The van der Waals surface area contributed by atoms with Gasteiger partial charge in [0.1, 0.15) is 5.01 Å². The average Bonchev–Trinajstić information content (AvgIpc) is 3.27. The molecule has 4 rings (SSSR count). The van der Waals surface area contributed by atoms with E-state index in [0.717, 1.165) is 34.8 Å². The van der Waals surface area contributed by atoms with Gasteiger partial charge in [0.25, 0.3) is 5.91 Å². The number of rotatable bonds is 4. The molecule has 1 aliphatic rings. The number of piperidine rings is 1. The molecule has 2 N–H and O–H groups in total. The third-order valence-corrected chi connectivity index (χ3v) is 6.20. The van der Waals surface area contributed by atoms with Crippen LogP contribution in [0.25, 0.3) is 0 Å². The summed E-state index contributed by atoms with van der Waals surface area (Å²) in [4.78, 5) is 27.0.